The van der Waals surface area contributed by atoms with Crippen LogP contribution in [0.1, 0.15) is 39.5 Å². The summed E-state index contributed by atoms with van der Waals surface area (Å²) in [5, 5.41) is 3.67. The lowest BCUT2D eigenvalue weighted by molar-refractivity contribution is 0.0550. The van der Waals surface area contributed by atoms with E-state index in [0.29, 0.717) is 18.2 Å². The first-order chi connectivity index (χ1) is 9.74. The van der Waals surface area contributed by atoms with Gasteiger partial charge in [0.25, 0.3) is 0 Å². The second kappa shape index (κ2) is 6.73. The summed E-state index contributed by atoms with van der Waals surface area (Å²) in [6, 6.07) is 2.05. The smallest absolute Gasteiger partial charge is 0.0726 e. The maximum Gasteiger partial charge on any atom is 0.0726 e. The van der Waals surface area contributed by atoms with Crippen LogP contribution in [0.15, 0.2) is 0 Å². The molecule has 3 rings (SSSR count). The van der Waals surface area contributed by atoms with Gasteiger partial charge in [0.2, 0.25) is 0 Å². The molecule has 3 fully saturated rings. The minimum atomic E-state index is 0.444. The zero-order chi connectivity index (χ0) is 13.9. The Labute approximate surface area is 123 Å². The van der Waals surface area contributed by atoms with E-state index in [1.165, 1.54) is 51.9 Å². The van der Waals surface area contributed by atoms with Gasteiger partial charge >= 0.3 is 0 Å². The molecule has 3 heterocycles. The number of fused-ring (bicyclic) bond motifs is 1. The minimum Gasteiger partial charge on any atom is -0.377 e. The molecule has 0 bridgehead atoms. The van der Waals surface area contributed by atoms with Crippen LogP contribution in [0.2, 0.25) is 0 Å². The fourth-order valence-electron chi connectivity index (χ4n) is 4.12. The summed E-state index contributed by atoms with van der Waals surface area (Å²) in [4.78, 5) is 5.38. The highest BCUT2D eigenvalue weighted by molar-refractivity contribution is 4.90. The molecule has 116 valence electrons. The molecule has 1 N–H and O–H groups in total. The van der Waals surface area contributed by atoms with Gasteiger partial charge in [0.1, 0.15) is 0 Å². The molecule has 0 radical (unpaired) electrons. The number of nitrogens with zero attached hydrogens (tertiary/aromatic N) is 2. The molecule has 0 amide bonds. The van der Waals surface area contributed by atoms with Crippen molar-refractivity contribution in [3.05, 3.63) is 0 Å². The van der Waals surface area contributed by atoms with Gasteiger partial charge in [-0.05, 0) is 46.1 Å². The number of piperazine rings is 1. The first-order valence-electron chi connectivity index (χ1n) is 8.57. The molecular weight excluding hydrogens is 250 g/mol. The fourth-order valence-corrected chi connectivity index (χ4v) is 4.12. The summed E-state index contributed by atoms with van der Waals surface area (Å²) in [6.07, 6.45) is 5.71. The van der Waals surface area contributed by atoms with Crippen LogP contribution in [0.4, 0.5) is 0 Å². The summed E-state index contributed by atoms with van der Waals surface area (Å²) in [6.45, 7) is 11.8. The van der Waals surface area contributed by atoms with Crippen molar-refractivity contribution >= 4 is 0 Å². The molecule has 0 spiro atoms. The van der Waals surface area contributed by atoms with Crippen molar-refractivity contribution in [2.75, 3.05) is 39.3 Å². The largest absolute Gasteiger partial charge is 0.377 e. The molecule has 0 aromatic rings. The van der Waals surface area contributed by atoms with Gasteiger partial charge in [-0.25, -0.2) is 0 Å². The lowest BCUT2D eigenvalue weighted by Gasteiger charge is -2.42. The van der Waals surface area contributed by atoms with Crippen molar-refractivity contribution in [3.63, 3.8) is 0 Å². The van der Waals surface area contributed by atoms with Crippen molar-refractivity contribution in [1.29, 1.82) is 0 Å². The number of rotatable bonds is 5. The molecule has 4 heteroatoms. The van der Waals surface area contributed by atoms with E-state index < -0.39 is 0 Å². The van der Waals surface area contributed by atoms with E-state index in [0.717, 1.165) is 19.2 Å². The zero-order valence-corrected chi connectivity index (χ0v) is 13.2. The number of nitrogens with one attached hydrogen (secondary N) is 1. The third-order valence-electron chi connectivity index (χ3n) is 5.45. The quantitative estimate of drug-likeness (QED) is 0.822. The van der Waals surface area contributed by atoms with Crippen LogP contribution >= 0.6 is 0 Å². The van der Waals surface area contributed by atoms with Crippen molar-refractivity contribution in [2.45, 2.75) is 63.8 Å². The van der Waals surface area contributed by atoms with Crippen molar-refractivity contribution in [3.8, 4) is 0 Å². The Morgan fingerprint density at radius 3 is 2.95 bits per heavy atom. The van der Waals surface area contributed by atoms with Crippen LogP contribution in [-0.2, 0) is 4.74 Å². The first-order valence-corrected chi connectivity index (χ1v) is 8.57. The predicted molar refractivity (Wildman–Crippen MR) is 82.1 cm³/mol. The third-order valence-corrected chi connectivity index (χ3v) is 5.45. The fraction of sp³-hybridized carbons (Fsp3) is 1.00. The Kier molecular flexibility index (Phi) is 4.97. The van der Waals surface area contributed by atoms with E-state index in [4.69, 9.17) is 4.74 Å². The number of hydrogen-bond acceptors (Lipinski definition) is 4. The van der Waals surface area contributed by atoms with Crippen LogP contribution in [0.25, 0.3) is 0 Å². The molecule has 0 saturated carbocycles. The molecule has 0 aliphatic carbocycles. The van der Waals surface area contributed by atoms with Gasteiger partial charge in [0, 0.05) is 50.9 Å². The van der Waals surface area contributed by atoms with Gasteiger partial charge in [-0.3, -0.25) is 9.80 Å². The highest BCUT2D eigenvalue weighted by atomic mass is 16.5. The maximum absolute atomic E-state index is 5.75. The SMILES string of the molecule is CC(NCCN1CC2CCCN2CC1C)C1CCCO1. The number of hydrogen-bond donors (Lipinski definition) is 1. The summed E-state index contributed by atoms with van der Waals surface area (Å²) < 4.78 is 5.75. The van der Waals surface area contributed by atoms with Gasteiger partial charge in [-0.1, -0.05) is 0 Å². The molecule has 20 heavy (non-hydrogen) atoms. The predicted octanol–water partition coefficient (Wildman–Crippen LogP) is 1.31. The highest BCUT2D eigenvalue weighted by Gasteiger charge is 2.34. The Morgan fingerprint density at radius 2 is 2.15 bits per heavy atom. The van der Waals surface area contributed by atoms with Crippen LogP contribution < -0.4 is 5.32 Å². The number of ether oxygens (including phenoxy) is 1. The van der Waals surface area contributed by atoms with E-state index >= 15 is 0 Å². The van der Waals surface area contributed by atoms with Gasteiger partial charge in [0.15, 0.2) is 0 Å². The van der Waals surface area contributed by atoms with Crippen LogP contribution in [0.5, 0.6) is 0 Å². The topological polar surface area (TPSA) is 27.7 Å². The average molecular weight is 281 g/mol. The first kappa shape index (κ1) is 14.8. The zero-order valence-electron chi connectivity index (χ0n) is 13.2. The summed E-state index contributed by atoms with van der Waals surface area (Å²) in [5.41, 5.74) is 0. The molecule has 4 unspecified atom stereocenters. The van der Waals surface area contributed by atoms with Crippen LogP contribution in [-0.4, -0.2) is 73.4 Å². The Balaban J connectivity index is 1.39. The Bertz CT molecular complexity index is 306. The summed E-state index contributed by atoms with van der Waals surface area (Å²) >= 11 is 0. The van der Waals surface area contributed by atoms with Gasteiger partial charge in [0.05, 0.1) is 6.10 Å². The molecule has 4 atom stereocenters. The molecule has 3 aliphatic heterocycles. The van der Waals surface area contributed by atoms with Crippen molar-refractivity contribution in [1.82, 2.24) is 15.1 Å². The summed E-state index contributed by atoms with van der Waals surface area (Å²) in [7, 11) is 0. The van der Waals surface area contributed by atoms with E-state index in [1.807, 2.05) is 0 Å². The highest BCUT2D eigenvalue weighted by Crippen LogP contribution is 2.24. The average Bonchev–Trinajstić information content (AvgIpc) is 3.08. The maximum atomic E-state index is 5.75. The Hall–Kier alpha value is -0.160. The van der Waals surface area contributed by atoms with Gasteiger partial charge < -0.3 is 10.1 Å². The van der Waals surface area contributed by atoms with E-state index in [1.54, 1.807) is 0 Å². The normalized spacial score (nSPS) is 37.2. The van der Waals surface area contributed by atoms with Gasteiger partial charge in [-0.15, -0.1) is 0 Å². The lowest BCUT2D eigenvalue weighted by atomic mass is 10.1. The van der Waals surface area contributed by atoms with Crippen molar-refractivity contribution < 1.29 is 4.74 Å². The molecule has 3 saturated heterocycles. The Morgan fingerprint density at radius 1 is 1.25 bits per heavy atom. The standard InChI is InChI=1S/C16H31N3O/c1-13-11-19-8-3-5-15(19)12-18(13)9-7-17-14(2)16-6-4-10-20-16/h13-17H,3-12H2,1-2H3. The van der Waals surface area contributed by atoms with Crippen LogP contribution in [0, 0.1) is 0 Å². The lowest BCUT2D eigenvalue weighted by Crippen LogP contribution is -2.56. The molecule has 0 aromatic heterocycles. The molecular formula is C16H31N3O. The van der Waals surface area contributed by atoms with E-state index in [2.05, 4.69) is 29.0 Å². The van der Waals surface area contributed by atoms with E-state index in [9.17, 15) is 0 Å². The second-order valence-electron chi connectivity index (χ2n) is 6.93. The van der Waals surface area contributed by atoms with Crippen LogP contribution in [0.3, 0.4) is 0 Å². The molecule has 0 aromatic carbocycles. The summed E-state index contributed by atoms with van der Waals surface area (Å²) in [5.74, 6) is 0. The van der Waals surface area contributed by atoms with Crippen molar-refractivity contribution in [2.24, 2.45) is 0 Å². The molecule has 4 nitrogen and oxygen atoms in total. The third kappa shape index (κ3) is 3.35. The second-order valence-corrected chi connectivity index (χ2v) is 6.93. The van der Waals surface area contributed by atoms with Gasteiger partial charge in [-0.2, -0.15) is 0 Å². The van der Waals surface area contributed by atoms with E-state index in [-0.39, 0.29) is 0 Å². The minimum absolute atomic E-state index is 0.444. The monoisotopic (exact) mass is 281 g/mol. The molecule has 3 aliphatic rings.